The average molecular weight is 441 g/mol. The maximum Gasteiger partial charge on any atom is 0.251 e. The van der Waals surface area contributed by atoms with E-state index in [-0.39, 0.29) is 18.2 Å². The molecule has 1 aliphatic carbocycles. The molecule has 0 saturated carbocycles. The predicted octanol–water partition coefficient (Wildman–Crippen LogP) is 4.09. The van der Waals surface area contributed by atoms with Gasteiger partial charge in [0.2, 0.25) is 10.0 Å². The van der Waals surface area contributed by atoms with Crippen molar-refractivity contribution in [1.29, 1.82) is 0 Å². The van der Waals surface area contributed by atoms with Gasteiger partial charge in [-0.15, -0.1) is 0 Å². The van der Waals surface area contributed by atoms with Crippen molar-refractivity contribution in [3.63, 3.8) is 0 Å². The molecule has 3 rings (SSSR count). The molecular weight excluding hydrogens is 412 g/mol. The number of anilines is 1. The second-order valence-electron chi connectivity index (χ2n) is 7.86. The number of sulfonamides is 1. The monoisotopic (exact) mass is 440 g/mol. The third-order valence-electron chi connectivity index (χ3n) is 5.34. The Hall–Kier alpha value is -2.93. The van der Waals surface area contributed by atoms with E-state index in [4.69, 9.17) is 0 Å². The molecule has 0 spiro atoms. The molecule has 1 N–H and O–H groups in total. The summed E-state index contributed by atoms with van der Waals surface area (Å²) in [6, 6.07) is 13.5. The highest BCUT2D eigenvalue weighted by atomic mass is 32.2. The fourth-order valence-corrected chi connectivity index (χ4v) is 4.45. The van der Waals surface area contributed by atoms with Crippen molar-refractivity contribution in [2.75, 3.05) is 17.1 Å². The first-order valence-corrected chi connectivity index (χ1v) is 12.2. The lowest BCUT2D eigenvalue weighted by molar-refractivity contribution is 0.0955. The summed E-state index contributed by atoms with van der Waals surface area (Å²) in [4.78, 5) is 24.1. The average Bonchev–Trinajstić information content (AvgIpc) is 2.76. The van der Waals surface area contributed by atoms with E-state index >= 15 is 0 Å². The Morgan fingerprint density at radius 1 is 1.03 bits per heavy atom. The molecule has 0 saturated heterocycles. The van der Waals surface area contributed by atoms with Crippen LogP contribution in [0.1, 0.15) is 58.9 Å². The maximum atomic E-state index is 12.4. The fraction of sp³-hybridized carbons (Fsp3) is 0.333. The third-order valence-corrected chi connectivity index (χ3v) is 6.48. The standard InChI is InChI=1S/C24H28N2O4S/c1-18(27)22-9-6-10-23(15-22)26(31(2,29)30)17-20-11-13-21(14-12-20)24(28)25-16-19-7-4-3-5-8-19/h6-7,9-15H,3-5,8,16-17H2,1-2H3,(H,25,28). The van der Waals surface area contributed by atoms with E-state index in [0.717, 1.165) is 24.7 Å². The van der Waals surface area contributed by atoms with Gasteiger partial charge < -0.3 is 5.32 Å². The van der Waals surface area contributed by atoms with Gasteiger partial charge in [0, 0.05) is 17.7 Å². The third kappa shape index (κ3) is 6.28. The number of allylic oxidation sites excluding steroid dienone is 1. The molecule has 0 aliphatic heterocycles. The molecule has 7 heteroatoms. The smallest absolute Gasteiger partial charge is 0.251 e. The highest BCUT2D eigenvalue weighted by Gasteiger charge is 2.19. The number of nitrogens with one attached hydrogen (secondary N) is 1. The van der Waals surface area contributed by atoms with E-state index < -0.39 is 10.0 Å². The number of hydrogen-bond acceptors (Lipinski definition) is 4. The largest absolute Gasteiger partial charge is 0.348 e. The molecule has 31 heavy (non-hydrogen) atoms. The zero-order valence-corrected chi connectivity index (χ0v) is 18.7. The van der Waals surface area contributed by atoms with Gasteiger partial charge >= 0.3 is 0 Å². The van der Waals surface area contributed by atoms with E-state index in [0.29, 0.717) is 23.4 Å². The second kappa shape index (κ2) is 9.92. The Morgan fingerprint density at radius 2 is 1.77 bits per heavy atom. The van der Waals surface area contributed by atoms with Crippen molar-refractivity contribution in [3.8, 4) is 0 Å². The second-order valence-corrected chi connectivity index (χ2v) is 9.77. The number of amides is 1. The zero-order valence-electron chi connectivity index (χ0n) is 17.9. The van der Waals surface area contributed by atoms with Crippen molar-refractivity contribution in [2.45, 2.75) is 39.2 Å². The lowest BCUT2D eigenvalue weighted by Gasteiger charge is -2.23. The predicted molar refractivity (Wildman–Crippen MR) is 123 cm³/mol. The van der Waals surface area contributed by atoms with Crippen LogP contribution >= 0.6 is 0 Å². The van der Waals surface area contributed by atoms with Crippen LogP contribution in [0.4, 0.5) is 5.69 Å². The quantitative estimate of drug-likeness (QED) is 0.495. The molecule has 0 radical (unpaired) electrons. The molecule has 0 aromatic heterocycles. The van der Waals surface area contributed by atoms with Gasteiger partial charge in [0.15, 0.2) is 5.78 Å². The Morgan fingerprint density at radius 3 is 2.39 bits per heavy atom. The molecule has 6 nitrogen and oxygen atoms in total. The number of carbonyl (C=O) groups is 2. The first-order chi connectivity index (χ1) is 14.7. The topological polar surface area (TPSA) is 83.6 Å². The van der Waals surface area contributed by atoms with Gasteiger partial charge in [0.25, 0.3) is 5.91 Å². The minimum Gasteiger partial charge on any atom is -0.348 e. The number of carbonyl (C=O) groups excluding carboxylic acids is 2. The molecule has 0 fully saturated rings. The van der Waals surface area contributed by atoms with E-state index in [1.54, 1.807) is 48.5 Å². The van der Waals surface area contributed by atoms with Crippen LogP contribution in [0, 0.1) is 0 Å². The molecule has 1 amide bonds. The summed E-state index contributed by atoms with van der Waals surface area (Å²) in [5, 5.41) is 2.95. The summed E-state index contributed by atoms with van der Waals surface area (Å²) in [6.45, 7) is 2.11. The van der Waals surface area contributed by atoms with E-state index in [1.807, 2.05) is 0 Å². The zero-order chi connectivity index (χ0) is 22.4. The number of Topliss-reactive ketones (excluding diaryl/α,β-unsaturated/α-hetero) is 1. The summed E-state index contributed by atoms with van der Waals surface area (Å²) in [6.07, 6.45) is 7.82. The van der Waals surface area contributed by atoms with E-state index in [1.165, 1.54) is 29.6 Å². The van der Waals surface area contributed by atoms with Crippen LogP contribution in [0.25, 0.3) is 0 Å². The molecule has 2 aromatic rings. The highest BCUT2D eigenvalue weighted by Crippen LogP contribution is 2.22. The summed E-state index contributed by atoms with van der Waals surface area (Å²) in [5.41, 5.74) is 3.42. The van der Waals surface area contributed by atoms with Gasteiger partial charge in [-0.25, -0.2) is 8.42 Å². The molecule has 0 unspecified atom stereocenters. The SMILES string of the molecule is CC(=O)c1cccc(N(Cc2ccc(C(=O)NCC3=CCCCC3)cc2)S(C)(=O)=O)c1. The normalized spacial score (nSPS) is 13.9. The number of benzene rings is 2. The summed E-state index contributed by atoms with van der Waals surface area (Å²) >= 11 is 0. The number of ketones is 1. The molecule has 2 aromatic carbocycles. The van der Waals surface area contributed by atoms with Gasteiger partial charge in [0.05, 0.1) is 18.5 Å². The highest BCUT2D eigenvalue weighted by molar-refractivity contribution is 7.92. The molecule has 0 atom stereocenters. The Kier molecular flexibility index (Phi) is 7.28. The van der Waals surface area contributed by atoms with E-state index in [2.05, 4.69) is 11.4 Å². The lowest BCUT2D eigenvalue weighted by atomic mass is 9.99. The number of hydrogen-bond donors (Lipinski definition) is 1. The van der Waals surface area contributed by atoms with Gasteiger partial charge in [-0.2, -0.15) is 0 Å². The summed E-state index contributed by atoms with van der Waals surface area (Å²) < 4.78 is 26.1. The van der Waals surface area contributed by atoms with Crippen molar-refractivity contribution in [2.24, 2.45) is 0 Å². The van der Waals surface area contributed by atoms with E-state index in [9.17, 15) is 18.0 Å². The molecular formula is C24H28N2O4S. The van der Waals surface area contributed by atoms with Gasteiger partial charge in [-0.1, -0.05) is 35.9 Å². The minimum absolute atomic E-state index is 0.106. The van der Waals surface area contributed by atoms with Crippen molar-refractivity contribution >= 4 is 27.4 Å². The van der Waals surface area contributed by atoms with Crippen LogP contribution in [-0.4, -0.2) is 32.9 Å². The van der Waals surface area contributed by atoms with Crippen LogP contribution in [0.15, 0.2) is 60.2 Å². The van der Waals surface area contributed by atoms with Crippen LogP contribution in [0.2, 0.25) is 0 Å². The summed E-state index contributed by atoms with van der Waals surface area (Å²) in [7, 11) is -3.57. The van der Waals surface area contributed by atoms with Crippen molar-refractivity contribution < 1.29 is 18.0 Å². The van der Waals surface area contributed by atoms with Crippen LogP contribution in [0.5, 0.6) is 0 Å². The number of rotatable bonds is 8. The molecule has 164 valence electrons. The van der Waals surface area contributed by atoms with Gasteiger partial charge in [-0.3, -0.25) is 13.9 Å². The first-order valence-electron chi connectivity index (χ1n) is 10.4. The van der Waals surface area contributed by atoms with Crippen LogP contribution < -0.4 is 9.62 Å². The van der Waals surface area contributed by atoms with Crippen molar-refractivity contribution in [1.82, 2.24) is 5.32 Å². The first kappa shape index (κ1) is 22.7. The summed E-state index contributed by atoms with van der Waals surface area (Å²) in [5.74, 6) is -0.276. The Labute approximate surface area is 184 Å². The Balaban J connectivity index is 1.71. The lowest BCUT2D eigenvalue weighted by Crippen LogP contribution is -2.29. The molecule has 1 aliphatic rings. The van der Waals surface area contributed by atoms with Gasteiger partial charge in [0.1, 0.15) is 0 Å². The van der Waals surface area contributed by atoms with Crippen LogP contribution in [-0.2, 0) is 16.6 Å². The molecule has 0 bridgehead atoms. The van der Waals surface area contributed by atoms with Gasteiger partial charge in [-0.05, 0) is 62.4 Å². The maximum absolute atomic E-state index is 12.4. The minimum atomic E-state index is -3.57. The molecule has 0 heterocycles. The van der Waals surface area contributed by atoms with Crippen LogP contribution in [0.3, 0.4) is 0 Å². The Bertz CT molecular complexity index is 1090. The number of nitrogens with zero attached hydrogens (tertiary/aromatic N) is 1. The fourth-order valence-electron chi connectivity index (χ4n) is 3.57. The van der Waals surface area contributed by atoms with Crippen molar-refractivity contribution in [3.05, 3.63) is 76.9 Å².